The molecule has 10 heteroatoms. The largest absolute Gasteiger partial charge is 0.463 e. The lowest BCUT2D eigenvalue weighted by Crippen LogP contribution is -2.56. The van der Waals surface area contributed by atoms with Gasteiger partial charge in [0.15, 0.2) is 0 Å². The van der Waals surface area contributed by atoms with Gasteiger partial charge in [-0.3, -0.25) is 4.79 Å². The van der Waals surface area contributed by atoms with E-state index in [-0.39, 0.29) is 23.9 Å². The molecule has 2 aromatic carbocycles. The lowest BCUT2D eigenvalue weighted by atomic mass is 9.99. The summed E-state index contributed by atoms with van der Waals surface area (Å²) >= 11 is 0. The molecule has 1 atom stereocenters. The number of carbonyl (C=O) groups is 1. The number of aryl methyl sites for hydroxylation is 1. The zero-order valence-corrected chi connectivity index (χ0v) is 26.5. The Bertz CT molecular complexity index is 1620. The quantitative estimate of drug-likeness (QED) is 0.244. The van der Waals surface area contributed by atoms with E-state index in [0.717, 1.165) is 49.4 Å². The molecule has 0 radical (unpaired) electrons. The van der Waals surface area contributed by atoms with Crippen LogP contribution in [0.25, 0.3) is 15.6 Å². The van der Waals surface area contributed by atoms with E-state index >= 15 is 0 Å². The van der Waals surface area contributed by atoms with Crippen LogP contribution in [0.4, 0.5) is 15.9 Å². The molecule has 1 saturated heterocycles. The number of hydrogen-bond acceptors (Lipinski definition) is 7. The monoisotopic (exact) mass is 611 g/mol. The molecule has 1 amide bonds. The maximum atomic E-state index is 12.8. The summed E-state index contributed by atoms with van der Waals surface area (Å²) in [5.74, 6) is 0.578. The highest BCUT2D eigenvalue weighted by atomic mass is 19.1. The molecule has 3 aliphatic rings. The number of alkyl halides is 1. The third-order valence-corrected chi connectivity index (χ3v) is 9.29. The molecule has 3 aromatic rings. The maximum absolute atomic E-state index is 12.8. The lowest BCUT2D eigenvalue weighted by molar-refractivity contribution is -0.128. The Morgan fingerprint density at radius 3 is 2.69 bits per heavy atom. The molecule has 1 saturated carbocycles. The van der Waals surface area contributed by atoms with Crippen molar-refractivity contribution in [3.05, 3.63) is 76.8 Å². The van der Waals surface area contributed by atoms with E-state index in [2.05, 4.69) is 77.0 Å². The highest BCUT2D eigenvalue weighted by Crippen LogP contribution is 2.46. The van der Waals surface area contributed by atoms with Gasteiger partial charge in [-0.25, -0.2) is 11.0 Å². The van der Waals surface area contributed by atoms with Gasteiger partial charge in [0.05, 0.1) is 18.8 Å². The summed E-state index contributed by atoms with van der Waals surface area (Å²) in [7, 11) is 4.18. The first kappa shape index (κ1) is 30.8. The first-order valence-electron chi connectivity index (χ1n) is 15.8. The van der Waals surface area contributed by atoms with Crippen LogP contribution in [0.1, 0.15) is 29.7 Å². The van der Waals surface area contributed by atoms with E-state index in [0.29, 0.717) is 38.8 Å². The van der Waals surface area contributed by atoms with Gasteiger partial charge in [-0.1, -0.05) is 30.3 Å². The van der Waals surface area contributed by atoms with Gasteiger partial charge in [-0.15, -0.1) is 0 Å². The molecular weight excluding hydrogens is 569 g/mol. The van der Waals surface area contributed by atoms with E-state index in [4.69, 9.17) is 21.3 Å². The maximum Gasteiger partial charge on any atom is 0.318 e. The van der Waals surface area contributed by atoms with Gasteiger partial charge in [0.1, 0.15) is 18.5 Å². The van der Waals surface area contributed by atoms with Crippen LogP contribution in [-0.4, -0.2) is 98.4 Å². The third kappa shape index (κ3) is 6.59. The van der Waals surface area contributed by atoms with Crippen LogP contribution >= 0.6 is 0 Å². The number of anilines is 2. The molecule has 9 nitrogen and oxygen atoms in total. The number of benzene rings is 2. The van der Waals surface area contributed by atoms with Crippen molar-refractivity contribution in [2.45, 2.75) is 38.8 Å². The fourth-order valence-corrected chi connectivity index (χ4v) is 6.94. The Morgan fingerprint density at radius 1 is 1.16 bits per heavy atom. The van der Waals surface area contributed by atoms with Gasteiger partial charge in [0, 0.05) is 60.9 Å². The molecule has 6 rings (SSSR count). The molecule has 2 aliphatic heterocycles. The number of allylic oxidation sites excluding steroid dienone is 1. The topological polar surface area (TPSA) is 69.4 Å². The summed E-state index contributed by atoms with van der Waals surface area (Å²) in [6.07, 6.45) is 5.52. The van der Waals surface area contributed by atoms with E-state index < -0.39 is 6.67 Å². The summed E-state index contributed by atoms with van der Waals surface area (Å²) in [5.41, 5.74) is 4.64. The van der Waals surface area contributed by atoms with Crippen molar-refractivity contribution in [1.29, 1.82) is 0 Å². The van der Waals surface area contributed by atoms with Crippen molar-refractivity contribution in [2.24, 2.45) is 5.41 Å². The summed E-state index contributed by atoms with van der Waals surface area (Å²) in [5, 5.41) is 2.49. The average Bonchev–Trinajstić information content (AvgIpc) is 3.80. The van der Waals surface area contributed by atoms with Gasteiger partial charge in [0.2, 0.25) is 12.5 Å². The smallest absolute Gasteiger partial charge is 0.318 e. The predicted molar refractivity (Wildman–Crippen MR) is 175 cm³/mol. The van der Waals surface area contributed by atoms with Gasteiger partial charge < -0.3 is 29.2 Å². The van der Waals surface area contributed by atoms with Crippen LogP contribution in [0.2, 0.25) is 0 Å². The Kier molecular flexibility index (Phi) is 8.90. The molecule has 1 aromatic heterocycles. The van der Waals surface area contributed by atoms with Crippen molar-refractivity contribution < 1.29 is 13.9 Å². The second-order valence-electron chi connectivity index (χ2n) is 12.9. The second-order valence-corrected chi connectivity index (χ2v) is 12.9. The van der Waals surface area contributed by atoms with Crippen molar-refractivity contribution in [3.63, 3.8) is 0 Å². The number of fused-ring (bicyclic) bond motifs is 2. The second kappa shape index (κ2) is 13.0. The summed E-state index contributed by atoms with van der Waals surface area (Å²) in [6.45, 7) is 13.6. The first-order chi connectivity index (χ1) is 21.8. The van der Waals surface area contributed by atoms with Crippen molar-refractivity contribution in [1.82, 2.24) is 19.8 Å². The Hall–Kier alpha value is -4.23. The molecule has 0 bridgehead atoms. The van der Waals surface area contributed by atoms with Crippen LogP contribution in [0.3, 0.4) is 0 Å². The van der Waals surface area contributed by atoms with E-state index in [1.165, 1.54) is 34.2 Å². The van der Waals surface area contributed by atoms with E-state index in [1.807, 2.05) is 0 Å². The van der Waals surface area contributed by atoms with Crippen molar-refractivity contribution >= 4 is 28.2 Å². The molecular formula is C35H42FN7O2. The van der Waals surface area contributed by atoms with Crippen LogP contribution in [-0.2, 0) is 17.8 Å². The minimum atomic E-state index is -0.694. The fraction of sp³-hybridized carbons (Fsp3) is 0.486. The first-order valence-corrected chi connectivity index (χ1v) is 15.8. The highest BCUT2D eigenvalue weighted by Gasteiger charge is 2.44. The molecule has 1 unspecified atom stereocenters. The molecule has 1 aliphatic carbocycles. The van der Waals surface area contributed by atoms with E-state index in [1.54, 1.807) is 4.90 Å². The van der Waals surface area contributed by atoms with Crippen LogP contribution in [0.5, 0.6) is 6.01 Å². The molecule has 3 heterocycles. The Labute approximate surface area is 265 Å². The number of halogens is 1. The third-order valence-electron chi connectivity index (χ3n) is 9.29. The SMILES string of the molecule is [C-]#[N+]CC1CN(c2nc(OCC3(CN(C)C)CC3)nc3c2CCN(c2cccc4cccc(C)c24)C3)CCN1C(=O)/C=C/CF. The minimum Gasteiger partial charge on any atom is -0.463 e. The van der Waals surface area contributed by atoms with Gasteiger partial charge in [0.25, 0.3) is 0 Å². The molecule has 2 fully saturated rings. The lowest BCUT2D eigenvalue weighted by Gasteiger charge is -2.41. The Balaban J connectivity index is 1.32. The zero-order chi connectivity index (χ0) is 31.6. The number of hydrogen-bond donors (Lipinski definition) is 0. The van der Waals surface area contributed by atoms with E-state index in [9.17, 15) is 9.18 Å². The number of nitrogens with zero attached hydrogens (tertiary/aromatic N) is 7. The Morgan fingerprint density at radius 2 is 1.96 bits per heavy atom. The number of amides is 1. The van der Waals surface area contributed by atoms with Gasteiger partial charge in [-0.2, -0.15) is 9.97 Å². The van der Waals surface area contributed by atoms with Gasteiger partial charge >= 0.3 is 6.01 Å². The van der Waals surface area contributed by atoms with Crippen LogP contribution < -0.4 is 14.5 Å². The summed E-state index contributed by atoms with van der Waals surface area (Å²) < 4.78 is 19.1. The zero-order valence-electron chi connectivity index (χ0n) is 26.5. The van der Waals surface area contributed by atoms with Gasteiger partial charge in [-0.05, 0) is 63.4 Å². The summed E-state index contributed by atoms with van der Waals surface area (Å²) in [6, 6.07) is 13.0. The molecule has 236 valence electrons. The normalized spacial score (nSPS) is 19.2. The standard InChI is InChI=1S/C35H42FN7O2/c1-25-8-5-9-26-10-6-11-30(32(25)26)41-17-13-28-29(22-41)38-34(45-24-35(14-15-35)23-40(3)4)39-33(28)42-18-19-43(27(21-42)20-37-2)31(44)12-7-16-36/h5-12,27H,13-24H2,1,3-4H3/b12-7+. The average molecular weight is 612 g/mol. The number of carbonyl (C=O) groups excluding carboxylic acids is 1. The van der Waals surface area contributed by atoms with Crippen LogP contribution in [0.15, 0.2) is 48.6 Å². The molecule has 0 N–H and O–H groups in total. The number of ether oxygens (including phenoxy) is 1. The van der Waals surface area contributed by atoms with Crippen LogP contribution in [0, 0.1) is 18.9 Å². The fourth-order valence-electron chi connectivity index (χ4n) is 6.94. The molecule has 0 spiro atoms. The number of rotatable bonds is 10. The summed E-state index contributed by atoms with van der Waals surface area (Å²) in [4.78, 5) is 35.0. The van der Waals surface area contributed by atoms with Crippen molar-refractivity contribution in [3.8, 4) is 6.01 Å². The minimum absolute atomic E-state index is 0.134. The molecule has 45 heavy (non-hydrogen) atoms. The highest BCUT2D eigenvalue weighted by molar-refractivity contribution is 5.97. The number of piperazine rings is 1. The van der Waals surface area contributed by atoms with Crippen molar-refractivity contribution in [2.75, 3.05) is 76.4 Å². The number of aromatic nitrogens is 2. The predicted octanol–water partition coefficient (Wildman–Crippen LogP) is 4.68.